The van der Waals surface area contributed by atoms with Gasteiger partial charge in [-0.2, -0.15) is 0 Å². The van der Waals surface area contributed by atoms with Crippen molar-refractivity contribution >= 4 is 29.1 Å². The second-order valence-corrected chi connectivity index (χ2v) is 6.53. The Kier molecular flexibility index (Phi) is 5.89. The quantitative estimate of drug-likeness (QED) is 0.708. The highest BCUT2D eigenvalue weighted by Crippen LogP contribution is 2.16. The Labute approximate surface area is 163 Å². The van der Waals surface area contributed by atoms with Gasteiger partial charge < -0.3 is 10.2 Å². The van der Waals surface area contributed by atoms with E-state index in [-0.39, 0.29) is 11.8 Å². The number of hydrogen-bond acceptors (Lipinski definition) is 2. The molecule has 0 radical (unpaired) electrons. The standard InChI is InChI=1S/C22H19ClN2O2/c1-25(20-8-3-2-4-9-20)22(27)18-7-5-6-17(14-18)21(26)24-15-16-10-12-19(23)13-11-16/h2-14H,15H2,1H3,(H,24,26). The molecule has 136 valence electrons. The average Bonchev–Trinajstić information content (AvgIpc) is 2.72. The molecule has 0 atom stereocenters. The molecule has 0 fully saturated rings. The van der Waals surface area contributed by atoms with Gasteiger partial charge in [-0.3, -0.25) is 9.59 Å². The van der Waals surface area contributed by atoms with Gasteiger partial charge in [-0.1, -0.05) is 48.0 Å². The van der Waals surface area contributed by atoms with Crippen LogP contribution in [0.3, 0.4) is 0 Å². The van der Waals surface area contributed by atoms with E-state index in [1.54, 1.807) is 48.3 Å². The number of halogens is 1. The third-order valence-electron chi connectivity index (χ3n) is 4.19. The van der Waals surface area contributed by atoms with E-state index in [0.717, 1.165) is 11.3 Å². The van der Waals surface area contributed by atoms with Gasteiger partial charge in [0.05, 0.1) is 0 Å². The maximum atomic E-state index is 12.7. The van der Waals surface area contributed by atoms with Gasteiger partial charge in [0.15, 0.2) is 0 Å². The number of hydrogen-bond donors (Lipinski definition) is 1. The highest BCUT2D eigenvalue weighted by atomic mass is 35.5. The zero-order valence-electron chi connectivity index (χ0n) is 14.9. The summed E-state index contributed by atoms with van der Waals surface area (Å²) < 4.78 is 0. The van der Waals surface area contributed by atoms with Crippen molar-refractivity contribution in [3.63, 3.8) is 0 Å². The van der Waals surface area contributed by atoms with Crippen LogP contribution < -0.4 is 10.2 Å². The van der Waals surface area contributed by atoms with Crippen LogP contribution in [0.1, 0.15) is 26.3 Å². The van der Waals surface area contributed by atoms with Crippen molar-refractivity contribution in [3.8, 4) is 0 Å². The van der Waals surface area contributed by atoms with Crippen LogP contribution in [-0.4, -0.2) is 18.9 Å². The maximum absolute atomic E-state index is 12.7. The number of nitrogens with zero attached hydrogens (tertiary/aromatic N) is 1. The van der Waals surface area contributed by atoms with Crippen LogP contribution in [0.5, 0.6) is 0 Å². The molecule has 3 rings (SSSR count). The van der Waals surface area contributed by atoms with E-state index in [1.165, 1.54) is 0 Å². The Morgan fingerprint density at radius 2 is 1.56 bits per heavy atom. The molecule has 0 aliphatic carbocycles. The van der Waals surface area contributed by atoms with E-state index < -0.39 is 0 Å². The third kappa shape index (κ3) is 4.74. The summed E-state index contributed by atoms with van der Waals surface area (Å²) in [7, 11) is 1.71. The predicted octanol–water partition coefficient (Wildman–Crippen LogP) is 4.55. The van der Waals surface area contributed by atoms with Crippen molar-refractivity contribution < 1.29 is 9.59 Å². The van der Waals surface area contributed by atoms with Gasteiger partial charge in [0.1, 0.15) is 0 Å². The van der Waals surface area contributed by atoms with Gasteiger partial charge in [0.2, 0.25) is 0 Å². The van der Waals surface area contributed by atoms with Gasteiger partial charge >= 0.3 is 0 Å². The van der Waals surface area contributed by atoms with Gasteiger partial charge in [-0.15, -0.1) is 0 Å². The van der Waals surface area contributed by atoms with Crippen molar-refractivity contribution in [3.05, 3.63) is 101 Å². The molecule has 0 saturated heterocycles. The van der Waals surface area contributed by atoms with Crippen LogP contribution in [0.25, 0.3) is 0 Å². The molecule has 0 unspecified atom stereocenters. The first kappa shape index (κ1) is 18.7. The lowest BCUT2D eigenvalue weighted by molar-refractivity contribution is 0.0951. The summed E-state index contributed by atoms with van der Waals surface area (Å²) in [6.45, 7) is 0.387. The summed E-state index contributed by atoms with van der Waals surface area (Å²) in [6.07, 6.45) is 0. The second kappa shape index (κ2) is 8.52. The molecular weight excluding hydrogens is 360 g/mol. The maximum Gasteiger partial charge on any atom is 0.258 e. The van der Waals surface area contributed by atoms with E-state index in [0.29, 0.717) is 22.7 Å². The second-order valence-electron chi connectivity index (χ2n) is 6.09. The predicted molar refractivity (Wildman–Crippen MR) is 108 cm³/mol. The highest BCUT2D eigenvalue weighted by Gasteiger charge is 2.15. The zero-order chi connectivity index (χ0) is 19.2. The van der Waals surface area contributed by atoms with E-state index in [9.17, 15) is 9.59 Å². The molecule has 0 saturated carbocycles. The number of carbonyl (C=O) groups is 2. The molecule has 4 nitrogen and oxygen atoms in total. The topological polar surface area (TPSA) is 49.4 Å². The number of amides is 2. The first-order chi connectivity index (χ1) is 13.0. The lowest BCUT2D eigenvalue weighted by Crippen LogP contribution is -2.27. The molecule has 27 heavy (non-hydrogen) atoms. The molecule has 0 aliphatic heterocycles. The van der Waals surface area contributed by atoms with Crippen molar-refractivity contribution in [1.82, 2.24) is 5.32 Å². The number of carbonyl (C=O) groups excluding carboxylic acids is 2. The number of para-hydroxylation sites is 1. The monoisotopic (exact) mass is 378 g/mol. The van der Waals surface area contributed by atoms with Crippen LogP contribution in [0.4, 0.5) is 5.69 Å². The van der Waals surface area contributed by atoms with Crippen molar-refractivity contribution in [2.75, 3.05) is 11.9 Å². The summed E-state index contributed by atoms with van der Waals surface area (Å²) in [5.41, 5.74) is 2.64. The Balaban J connectivity index is 1.70. The Bertz CT molecular complexity index is 940. The zero-order valence-corrected chi connectivity index (χ0v) is 15.6. The summed E-state index contributed by atoms with van der Waals surface area (Å²) in [5, 5.41) is 3.51. The number of nitrogens with one attached hydrogen (secondary N) is 1. The fourth-order valence-corrected chi connectivity index (χ4v) is 2.77. The SMILES string of the molecule is CN(C(=O)c1cccc(C(=O)NCc2ccc(Cl)cc2)c1)c1ccccc1. The molecule has 1 N–H and O–H groups in total. The minimum Gasteiger partial charge on any atom is -0.348 e. The number of rotatable bonds is 5. The summed E-state index contributed by atoms with van der Waals surface area (Å²) in [4.78, 5) is 26.7. The van der Waals surface area contributed by atoms with Crippen molar-refractivity contribution in [2.45, 2.75) is 6.54 Å². The molecule has 0 heterocycles. The van der Waals surface area contributed by atoms with Gasteiger partial charge in [-0.25, -0.2) is 0 Å². The van der Waals surface area contributed by atoms with Crippen LogP contribution in [0, 0.1) is 0 Å². The first-order valence-electron chi connectivity index (χ1n) is 8.50. The van der Waals surface area contributed by atoms with Crippen LogP contribution in [0.15, 0.2) is 78.9 Å². The summed E-state index contributed by atoms with van der Waals surface area (Å²) >= 11 is 5.86. The van der Waals surface area contributed by atoms with Crippen molar-refractivity contribution in [2.24, 2.45) is 0 Å². The normalized spacial score (nSPS) is 10.3. The number of benzene rings is 3. The average molecular weight is 379 g/mol. The molecule has 0 aromatic heterocycles. The fourth-order valence-electron chi connectivity index (χ4n) is 2.64. The molecule has 3 aromatic carbocycles. The minimum atomic E-state index is -0.234. The lowest BCUT2D eigenvalue weighted by Gasteiger charge is -2.17. The van der Waals surface area contributed by atoms with Crippen LogP contribution in [0.2, 0.25) is 5.02 Å². The third-order valence-corrected chi connectivity index (χ3v) is 4.44. The van der Waals surface area contributed by atoms with Crippen LogP contribution in [-0.2, 0) is 6.54 Å². The largest absolute Gasteiger partial charge is 0.348 e. The molecule has 0 spiro atoms. The van der Waals surface area contributed by atoms with E-state index in [2.05, 4.69) is 5.32 Å². The van der Waals surface area contributed by atoms with Gasteiger partial charge in [-0.05, 0) is 48.0 Å². The number of anilines is 1. The van der Waals surface area contributed by atoms with Gasteiger partial charge in [0, 0.05) is 35.4 Å². The summed E-state index contributed by atoms with van der Waals surface area (Å²) in [6, 6.07) is 23.4. The molecule has 0 aliphatic rings. The Hall–Kier alpha value is -3.11. The Morgan fingerprint density at radius 3 is 2.26 bits per heavy atom. The van der Waals surface area contributed by atoms with Gasteiger partial charge in [0.25, 0.3) is 11.8 Å². The summed E-state index contributed by atoms with van der Waals surface area (Å²) in [5.74, 6) is -0.407. The minimum absolute atomic E-state index is 0.173. The first-order valence-corrected chi connectivity index (χ1v) is 8.88. The Morgan fingerprint density at radius 1 is 0.889 bits per heavy atom. The van der Waals surface area contributed by atoms with E-state index in [1.807, 2.05) is 42.5 Å². The smallest absolute Gasteiger partial charge is 0.258 e. The van der Waals surface area contributed by atoms with E-state index in [4.69, 9.17) is 11.6 Å². The molecule has 5 heteroatoms. The molecule has 3 aromatic rings. The fraction of sp³-hybridized carbons (Fsp3) is 0.0909. The van der Waals surface area contributed by atoms with E-state index >= 15 is 0 Å². The molecule has 2 amide bonds. The molecule has 0 bridgehead atoms. The molecular formula is C22H19ClN2O2. The van der Waals surface area contributed by atoms with Crippen molar-refractivity contribution in [1.29, 1.82) is 0 Å². The lowest BCUT2D eigenvalue weighted by atomic mass is 10.1. The van der Waals surface area contributed by atoms with Crippen LogP contribution >= 0.6 is 11.6 Å². The highest BCUT2D eigenvalue weighted by molar-refractivity contribution is 6.30.